The molecule has 27 heavy (non-hydrogen) atoms. The average Bonchev–Trinajstić information content (AvgIpc) is 3.16. The van der Waals surface area contributed by atoms with Gasteiger partial charge in [-0.2, -0.15) is 0 Å². The maximum Gasteiger partial charge on any atom is 0.251 e. The molecule has 0 radical (unpaired) electrons. The summed E-state index contributed by atoms with van der Waals surface area (Å²) in [6, 6.07) is 14.5. The number of rotatable bonds is 6. The van der Waals surface area contributed by atoms with Gasteiger partial charge in [-0.15, -0.1) is 0 Å². The summed E-state index contributed by atoms with van der Waals surface area (Å²) in [5, 5.41) is 3.16. The summed E-state index contributed by atoms with van der Waals surface area (Å²) in [6.07, 6.45) is 0.947. The lowest BCUT2D eigenvalue weighted by Gasteiger charge is -2.25. The number of hydrogen-bond acceptors (Lipinski definition) is 4. The van der Waals surface area contributed by atoms with Gasteiger partial charge in [-0.1, -0.05) is 30.3 Å². The van der Waals surface area contributed by atoms with E-state index >= 15 is 0 Å². The number of methoxy groups -OCH3 is 2. The molecule has 3 rings (SSSR count). The number of likely N-dealkylation sites (tertiary alicyclic amines) is 1. The van der Waals surface area contributed by atoms with E-state index in [0.29, 0.717) is 23.1 Å². The summed E-state index contributed by atoms with van der Waals surface area (Å²) in [4.78, 5) is 15.2. The fraction of sp³-hybridized carbons (Fsp3) is 0.409. The number of ether oxygens (including phenoxy) is 2. The molecule has 0 bridgehead atoms. The van der Waals surface area contributed by atoms with Crippen molar-refractivity contribution < 1.29 is 14.3 Å². The molecule has 1 aliphatic heterocycles. The Bertz CT molecular complexity index is 766. The van der Waals surface area contributed by atoms with E-state index in [2.05, 4.69) is 41.4 Å². The highest BCUT2D eigenvalue weighted by atomic mass is 16.5. The molecule has 0 aromatic heterocycles. The van der Waals surface area contributed by atoms with Gasteiger partial charge >= 0.3 is 0 Å². The van der Waals surface area contributed by atoms with E-state index in [9.17, 15) is 4.79 Å². The Morgan fingerprint density at radius 3 is 2.37 bits per heavy atom. The molecule has 1 amide bonds. The Morgan fingerprint density at radius 2 is 1.78 bits per heavy atom. The first-order valence-electron chi connectivity index (χ1n) is 9.36. The number of hydrogen-bond donors (Lipinski definition) is 1. The summed E-state index contributed by atoms with van der Waals surface area (Å²) in [5.41, 5.74) is 2.75. The Labute approximate surface area is 161 Å². The number of carbonyl (C=O) groups excluding carboxylic acids is 1. The van der Waals surface area contributed by atoms with Crippen LogP contribution in [-0.4, -0.2) is 44.2 Å². The molecule has 144 valence electrons. The molecule has 5 nitrogen and oxygen atoms in total. The molecule has 1 heterocycles. The summed E-state index contributed by atoms with van der Waals surface area (Å²) in [6.45, 7) is 5.96. The van der Waals surface area contributed by atoms with Crippen LogP contribution in [0, 0.1) is 6.92 Å². The molecule has 1 saturated heterocycles. The van der Waals surface area contributed by atoms with Gasteiger partial charge in [0.2, 0.25) is 0 Å². The second-order valence-corrected chi connectivity index (χ2v) is 7.05. The van der Waals surface area contributed by atoms with Crippen molar-refractivity contribution >= 4 is 5.91 Å². The van der Waals surface area contributed by atoms with E-state index in [1.165, 1.54) is 5.56 Å². The van der Waals surface area contributed by atoms with Gasteiger partial charge in [0.05, 0.1) is 14.2 Å². The molecule has 2 unspecified atom stereocenters. The van der Waals surface area contributed by atoms with Crippen molar-refractivity contribution in [1.29, 1.82) is 0 Å². The molecule has 0 spiro atoms. The molecule has 0 aliphatic carbocycles. The summed E-state index contributed by atoms with van der Waals surface area (Å²) in [7, 11) is 3.20. The van der Waals surface area contributed by atoms with Crippen LogP contribution in [0.5, 0.6) is 11.5 Å². The normalized spacial score (nSPS) is 18.1. The minimum atomic E-state index is -0.0918. The van der Waals surface area contributed by atoms with Crippen molar-refractivity contribution in [1.82, 2.24) is 10.2 Å². The fourth-order valence-corrected chi connectivity index (χ4v) is 3.69. The number of amides is 1. The maximum atomic E-state index is 12.8. The minimum Gasteiger partial charge on any atom is -0.496 e. The summed E-state index contributed by atoms with van der Waals surface area (Å²) >= 11 is 0. The van der Waals surface area contributed by atoms with Crippen LogP contribution in [-0.2, 0) is 0 Å². The van der Waals surface area contributed by atoms with Crippen LogP contribution in [0.1, 0.15) is 40.9 Å². The first-order chi connectivity index (χ1) is 13.0. The smallest absolute Gasteiger partial charge is 0.251 e. The number of carbonyl (C=O) groups is 1. The minimum absolute atomic E-state index is 0.0918. The van der Waals surface area contributed by atoms with Gasteiger partial charge in [0.15, 0.2) is 0 Å². The van der Waals surface area contributed by atoms with Gasteiger partial charge in [-0.05, 0) is 38.0 Å². The van der Waals surface area contributed by atoms with Crippen molar-refractivity contribution in [3.05, 3.63) is 59.2 Å². The van der Waals surface area contributed by atoms with Crippen LogP contribution in [0.15, 0.2) is 42.5 Å². The zero-order valence-electron chi connectivity index (χ0n) is 16.5. The van der Waals surface area contributed by atoms with Crippen molar-refractivity contribution in [3.8, 4) is 11.5 Å². The first-order valence-corrected chi connectivity index (χ1v) is 9.36. The SMILES string of the molecule is COc1cc(C(=O)NC2CCN(C(C)c3ccccc3)C2)cc(OC)c1C. The lowest BCUT2D eigenvalue weighted by atomic mass is 10.1. The second kappa shape index (κ2) is 8.44. The van der Waals surface area contributed by atoms with Crippen molar-refractivity contribution in [2.75, 3.05) is 27.3 Å². The standard InChI is InChI=1S/C22H28N2O3/c1-15-20(26-3)12-18(13-21(15)27-4)22(25)23-19-10-11-24(14-19)16(2)17-8-6-5-7-9-17/h5-9,12-13,16,19H,10-11,14H2,1-4H3,(H,23,25). The van der Waals surface area contributed by atoms with E-state index in [-0.39, 0.29) is 11.9 Å². The zero-order chi connectivity index (χ0) is 19.4. The van der Waals surface area contributed by atoms with E-state index in [1.807, 2.05) is 13.0 Å². The lowest BCUT2D eigenvalue weighted by molar-refractivity contribution is 0.0935. The Balaban J connectivity index is 1.66. The predicted molar refractivity (Wildman–Crippen MR) is 107 cm³/mol. The van der Waals surface area contributed by atoms with Gasteiger partial charge in [0, 0.05) is 36.3 Å². The van der Waals surface area contributed by atoms with Gasteiger partial charge in [0.1, 0.15) is 11.5 Å². The van der Waals surface area contributed by atoms with Gasteiger partial charge < -0.3 is 14.8 Å². The van der Waals surface area contributed by atoms with Crippen LogP contribution in [0.2, 0.25) is 0 Å². The molecular formula is C22H28N2O3. The van der Waals surface area contributed by atoms with Crippen LogP contribution in [0.4, 0.5) is 0 Å². The van der Waals surface area contributed by atoms with E-state index < -0.39 is 0 Å². The Morgan fingerprint density at radius 1 is 1.15 bits per heavy atom. The third-order valence-corrected chi connectivity index (χ3v) is 5.40. The average molecular weight is 368 g/mol. The van der Waals surface area contributed by atoms with Gasteiger partial charge in [-0.3, -0.25) is 9.69 Å². The molecule has 2 aromatic carbocycles. The molecule has 2 atom stereocenters. The second-order valence-electron chi connectivity index (χ2n) is 7.05. The first kappa shape index (κ1) is 19.2. The van der Waals surface area contributed by atoms with Crippen molar-refractivity contribution in [2.45, 2.75) is 32.4 Å². The monoisotopic (exact) mass is 368 g/mol. The molecule has 2 aromatic rings. The van der Waals surface area contributed by atoms with E-state index in [1.54, 1.807) is 26.4 Å². The number of nitrogens with zero attached hydrogens (tertiary/aromatic N) is 1. The van der Waals surface area contributed by atoms with Crippen LogP contribution in [0.25, 0.3) is 0 Å². The summed E-state index contributed by atoms with van der Waals surface area (Å²) in [5.74, 6) is 1.22. The number of benzene rings is 2. The largest absolute Gasteiger partial charge is 0.496 e. The topological polar surface area (TPSA) is 50.8 Å². The lowest BCUT2D eigenvalue weighted by Crippen LogP contribution is -2.37. The molecule has 0 saturated carbocycles. The maximum absolute atomic E-state index is 12.8. The molecule has 1 aliphatic rings. The Hall–Kier alpha value is -2.53. The van der Waals surface area contributed by atoms with Crippen LogP contribution < -0.4 is 14.8 Å². The van der Waals surface area contributed by atoms with Gasteiger partial charge in [0.25, 0.3) is 5.91 Å². The van der Waals surface area contributed by atoms with Gasteiger partial charge in [-0.25, -0.2) is 0 Å². The molecule has 5 heteroatoms. The zero-order valence-corrected chi connectivity index (χ0v) is 16.5. The quantitative estimate of drug-likeness (QED) is 0.847. The summed E-state index contributed by atoms with van der Waals surface area (Å²) < 4.78 is 10.8. The van der Waals surface area contributed by atoms with Crippen LogP contribution >= 0.6 is 0 Å². The fourth-order valence-electron chi connectivity index (χ4n) is 3.69. The highest BCUT2D eigenvalue weighted by Crippen LogP contribution is 2.30. The Kier molecular flexibility index (Phi) is 6.01. The highest BCUT2D eigenvalue weighted by Gasteiger charge is 2.28. The predicted octanol–water partition coefficient (Wildman–Crippen LogP) is 3.58. The molecular weight excluding hydrogens is 340 g/mol. The van der Waals surface area contributed by atoms with E-state index in [4.69, 9.17) is 9.47 Å². The van der Waals surface area contributed by atoms with Crippen molar-refractivity contribution in [2.24, 2.45) is 0 Å². The molecule has 1 N–H and O–H groups in total. The van der Waals surface area contributed by atoms with Crippen molar-refractivity contribution in [3.63, 3.8) is 0 Å². The third-order valence-electron chi connectivity index (χ3n) is 5.40. The highest BCUT2D eigenvalue weighted by molar-refractivity contribution is 5.95. The molecule has 1 fully saturated rings. The van der Waals surface area contributed by atoms with E-state index in [0.717, 1.165) is 25.1 Å². The number of nitrogens with one attached hydrogen (secondary N) is 1. The van der Waals surface area contributed by atoms with Crippen LogP contribution in [0.3, 0.4) is 0 Å². The third kappa shape index (κ3) is 4.25.